The minimum atomic E-state index is -0.927. The normalized spacial score (nSPS) is 16.6. The van der Waals surface area contributed by atoms with Crippen molar-refractivity contribution in [3.8, 4) is 0 Å². The molecule has 0 bridgehead atoms. The van der Waals surface area contributed by atoms with E-state index in [1.807, 2.05) is 31.2 Å². The van der Waals surface area contributed by atoms with E-state index in [1.54, 1.807) is 13.8 Å². The van der Waals surface area contributed by atoms with Crippen molar-refractivity contribution in [2.24, 2.45) is 10.9 Å². The molecule has 1 aliphatic heterocycles. The first-order chi connectivity index (χ1) is 8.97. The van der Waals surface area contributed by atoms with Crippen LogP contribution in [0.15, 0.2) is 41.1 Å². The Balaban J connectivity index is -0.000001000. The summed E-state index contributed by atoms with van der Waals surface area (Å²) in [5.74, 6) is -1.43. The zero-order valence-corrected chi connectivity index (χ0v) is 16.5. The molecule has 2 radical (unpaired) electrons. The van der Waals surface area contributed by atoms with Crippen LogP contribution in [0, 0.1) is 12.8 Å². The number of rotatable bonds is 2. The number of carbonyl (C=O) groups is 2. The van der Waals surface area contributed by atoms with Crippen LogP contribution in [-0.4, -0.2) is 17.5 Å². The average molecular weight is 438 g/mol. The van der Waals surface area contributed by atoms with Gasteiger partial charge in [-0.2, -0.15) is 0 Å². The molecule has 0 aliphatic carbocycles. The van der Waals surface area contributed by atoms with Crippen LogP contribution >= 0.6 is 0 Å². The van der Waals surface area contributed by atoms with Crippen LogP contribution in [-0.2, 0) is 48.5 Å². The summed E-state index contributed by atoms with van der Waals surface area (Å²) in [6.45, 7) is 5.21. The SMILES string of the molecule is CC1=CC(=O)C(C(C)=Nc2cccc(C)c2)C(=O)O1.[Cl-].[Cl-].[Mn+2].[Mn+2]. The number of carbonyl (C=O) groups excluding carboxylic acids is 2. The summed E-state index contributed by atoms with van der Waals surface area (Å²) in [5.41, 5.74) is 2.25. The Hall–Kier alpha value is -0.611. The van der Waals surface area contributed by atoms with E-state index in [0.717, 1.165) is 11.3 Å². The summed E-state index contributed by atoms with van der Waals surface area (Å²) in [6.07, 6.45) is 1.33. The maximum Gasteiger partial charge on any atom is 2.00 e. The van der Waals surface area contributed by atoms with E-state index in [0.29, 0.717) is 11.5 Å². The minimum Gasteiger partial charge on any atom is -1.00 e. The van der Waals surface area contributed by atoms with Crippen LogP contribution in [0.1, 0.15) is 19.4 Å². The molecule has 0 fully saturated rings. The van der Waals surface area contributed by atoms with E-state index >= 15 is 0 Å². The minimum absolute atomic E-state index is 0. The molecule has 0 aromatic heterocycles. The Morgan fingerprint density at radius 2 is 1.74 bits per heavy atom. The number of hydrogen-bond donors (Lipinski definition) is 0. The number of ketones is 1. The molecule has 0 saturated heterocycles. The number of halogens is 2. The number of benzene rings is 1. The topological polar surface area (TPSA) is 55.7 Å². The molecule has 1 aliphatic rings. The van der Waals surface area contributed by atoms with Crippen LogP contribution in [0.5, 0.6) is 0 Å². The van der Waals surface area contributed by atoms with Crippen molar-refractivity contribution in [3.63, 3.8) is 0 Å². The van der Waals surface area contributed by atoms with E-state index in [2.05, 4.69) is 4.99 Å². The van der Waals surface area contributed by atoms with Gasteiger partial charge in [0.25, 0.3) is 0 Å². The van der Waals surface area contributed by atoms with Gasteiger partial charge in [-0.1, -0.05) is 12.1 Å². The van der Waals surface area contributed by atoms with E-state index in [4.69, 9.17) is 4.74 Å². The number of esters is 1. The summed E-state index contributed by atoms with van der Waals surface area (Å²) >= 11 is 0. The molecule has 23 heavy (non-hydrogen) atoms. The van der Waals surface area contributed by atoms with E-state index < -0.39 is 11.9 Å². The number of nitrogens with zero attached hydrogens (tertiary/aromatic N) is 1. The van der Waals surface area contributed by atoms with Gasteiger partial charge in [-0.05, 0) is 38.5 Å². The van der Waals surface area contributed by atoms with Gasteiger partial charge in [0.15, 0.2) is 11.7 Å². The van der Waals surface area contributed by atoms with Crippen LogP contribution in [0.4, 0.5) is 5.69 Å². The summed E-state index contributed by atoms with van der Waals surface area (Å²) in [4.78, 5) is 27.9. The van der Waals surface area contributed by atoms with Gasteiger partial charge >= 0.3 is 40.1 Å². The fourth-order valence-electron chi connectivity index (χ4n) is 1.99. The molecule has 1 unspecified atom stereocenters. The summed E-state index contributed by atoms with van der Waals surface area (Å²) in [6, 6.07) is 7.56. The summed E-state index contributed by atoms with van der Waals surface area (Å²) < 4.78 is 4.97. The van der Waals surface area contributed by atoms with Crippen molar-refractivity contribution in [1.29, 1.82) is 0 Å². The van der Waals surface area contributed by atoms with Crippen LogP contribution in [0.2, 0.25) is 0 Å². The maximum atomic E-state index is 11.9. The third-order valence-electron chi connectivity index (χ3n) is 2.85. The predicted molar refractivity (Wildman–Crippen MR) is 72.3 cm³/mol. The van der Waals surface area contributed by atoms with E-state index in [1.165, 1.54) is 6.08 Å². The molecule has 0 amide bonds. The molecule has 1 aromatic rings. The fourth-order valence-corrected chi connectivity index (χ4v) is 1.99. The molecule has 2 rings (SSSR count). The monoisotopic (exact) mass is 437 g/mol. The molecule has 1 atom stereocenters. The number of ether oxygens (including phenoxy) is 1. The molecular formula is C15H15Cl2Mn2NO3+2. The second-order valence-electron chi connectivity index (χ2n) is 4.60. The first kappa shape index (κ1) is 27.2. The largest absolute Gasteiger partial charge is 2.00 e. The Morgan fingerprint density at radius 1 is 1.13 bits per heavy atom. The Labute approximate surface area is 169 Å². The number of aryl methyl sites for hydroxylation is 1. The van der Waals surface area contributed by atoms with Gasteiger partial charge in [-0.3, -0.25) is 14.6 Å². The Morgan fingerprint density at radius 3 is 2.26 bits per heavy atom. The van der Waals surface area contributed by atoms with Crippen LogP contribution in [0.25, 0.3) is 0 Å². The first-order valence-electron chi connectivity index (χ1n) is 6.03. The maximum absolute atomic E-state index is 11.9. The second kappa shape index (κ2) is 11.9. The quantitative estimate of drug-likeness (QED) is 0.211. The predicted octanol–water partition coefficient (Wildman–Crippen LogP) is -3.26. The first-order valence-corrected chi connectivity index (χ1v) is 6.03. The van der Waals surface area contributed by atoms with Crippen LogP contribution < -0.4 is 24.8 Å². The molecule has 0 spiro atoms. The fraction of sp³-hybridized carbons (Fsp3) is 0.267. The van der Waals surface area contributed by atoms with Gasteiger partial charge in [0.05, 0.1) is 5.69 Å². The molecule has 0 saturated carbocycles. The number of allylic oxidation sites excluding steroid dienone is 2. The van der Waals surface area contributed by atoms with E-state index in [-0.39, 0.29) is 64.7 Å². The molecule has 1 aromatic carbocycles. The van der Waals surface area contributed by atoms with Gasteiger partial charge in [0, 0.05) is 11.8 Å². The number of hydrogen-bond acceptors (Lipinski definition) is 4. The van der Waals surface area contributed by atoms with Crippen molar-refractivity contribution >= 4 is 23.2 Å². The van der Waals surface area contributed by atoms with E-state index in [9.17, 15) is 9.59 Å². The summed E-state index contributed by atoms with van der Waals surface area (Å²) in [5, 5.41) is 0. The molecular weight excluding hydrogens is 423 g/mol. The zero-order valence-electron chi connectivity index (χ0n) is 12.6. The van der Waals surface area contributed by atoms with Gasteiger partial charge in [-0.15, -0.1) is 0 Å². The second-order valence-corrected chi connectivity index (χ2v) is 4.60. The molecule has 1 heterocycles. The smallest absolute Gasteiger partial charge is 1.00 e. The molecule has 0 N–H and O–H groups in total. The Kier molecular flexibility index (Phi) is 14.0. The molecule has 124 valence electrons. The number of aliphatic imine (C=N–C) groups is 1. The van der Waals surface area contributed by atoms with Crippen molar-refractivity contribution < 1.29 is 73.3 Å². The summed E-state index contributed by atoms with van der Waals surface area (Å²) in [7, 11) is 0. The molecule has 4 nitrogen and oxygen atoms in total. The van der Waals surface area contributed by atoms with Crippen LogP contribution in [0.3, 0.4) is 0 Å². The van der Waals surface area contributed by atoms with Crippen molar-refractivity contribution in [3.05, 3.63) is 41.7 Å². The van der Waals surface area contributed by atoms with Gasteiger partial charge < -0.3 is 29.6 Å². The third kappa shape index (κ3) is 7.21. The third-order valence-corrected chi connectivity index (χ3v) is 2.85. The van der Waals surface area contributed by atoms with Crippen molar-refractivity contribution in [2.45, 2.75) is 20.8 Å². The van der Waals surface area contributed by atoms with Gasteiger partial charge in [0.2, 0.25) is 0 Å². The zero-order chi connectivity index (χ0) is 14.0. The van der Waals surface area contributed by atoms with Crippen molar-refractivity contribution in [1.82, 2.24) is 0 Å². The van der Waals surface area contributed by atoms with Crippen molar-refractivity contribution in [2.75, 3.05) is 0 Å². The van der Waals surface area contributed by atoms with Gasteiger partial charge in [-0.25, -0.2) is 0 Å². The standard InChI is InChI=1S/C15H15NO3.2ClH.2Mn/c1-9-5-4-6-12(7-9)16-11(3)14-13(17)8-10(2)19-15(14)18;;;;/h4-8,14H,1-3H3;2*1H;;/q;;;2*+2/p-2. The molecule has 8 heteroatoms. The number of cyclic esters (lactones) is 1. The average Bonchev–Trinajstić information content (AvgIpc) is 2.27. The Bertz CT molecular complexity index is 618. The van der Waals surface area contributed by atoms with Gasteiger partial charge in [0.1, 0.15) is 5.76 Å².